The first kappa shape index (κ1) is 28.0. The maximum atomic E-state index is 13.4. The first-order valence-electron chi connectivity index (χ1n) is 12.2. The molecule has 0 fully saturated rings. The highest BCUT2D eigenvalue weighted by molar-refractivity contribution is 7.15. The number of aryl methyl sites for hydroxylation is 2. The summed E-state index contributed by atoms with van der Waals surface area (Å²) in [4.78, 5) is 22.1. The lowest BCUT2D eigenvalue weighted by Gasteiger charge is -2.19. The lowest BCUT2D eigenvalue weighted by atomic mass is 10.0. The number of nitrogen functional groups attached to an aromatic ring is 1. The van der Waals surface area contributed by atoms with Gasteiger partial charge in [0, 0.05) is 24.7 Å². The Morgan fingerprint density at radius 1 is 1.32 bits per heavy atom. The molecular formula is C26H34FN7O2S. The van der Waals surface area contributed by atoms with Gasteiger partial charge in [-0.1, -0.05) is 32.9 Å². The minimum absolute atomic E-state index is 0.0431. The van der Waals surface area contributed by atoms with Crippen molar-refractivity contribution in [2.24, 2.45) is 5.73 Å². The number of benzene rings is 1. The molecule has 4 N–H and O–H groups in total. The van der Waals surface area contributed by atoms with E-state index in [0.717, 1.165) is 24.4 Å². The summed E-state index contributed by atoms with van der Waals surface area (Å²) in [6.45, 7) is 8.64. The predicted molar refractivity (Wildman–Crippen MR) is 147 cm³/mol. The van der Waals surface area contributed by atoms with Gasteiger partial charge in [-0.3, -0.25) is 19.2 Å². The lowest BCUT2D eigenvalue weighted by molar-refractivity contribution is 0.00148. The lowest BCUT2D eigenvalue weighted by Crippen LogP contribution is -2.19. The van der Waals surface area contributed by atoms with E-state index in [2.05, 4.69) is 22.2 Å². The summed E-state index contributed by atoms with van der Waals surface area (Å²) >= 11 is 1.44. The van der Waals surface area contributed by atoms with Gasteiger partial charge in [0.1, 0.15) is 29.4 Å². The topological polar surface area (TPSA) is 123 Å². The maximum Gasteiger partial charge on any atom is 0.266 e. The zero-order valence-electron chi connectivity index (χ0n) is 21.8. The summed E-state index contributed by atoms with van der Waals surface area (Å²) in [6, 6.07) is 6.11. The molecule has 4 aromatic rings. The maximum absolute atomic E-state index is 13.4. The number of hydrogen-bond acceptors (Lipinski definition) is 7. The van der Waals surface area contributed by atoms with Crippen molar-refractivity contribution in [1.29, 1.82) is 5.41 Å². The molecule has 0 bridgehead atoms. The van der Waals surface area contributed by atoms with Gasteiger partial charge in [-0.2, -0.15) is 0 Å². The number of anilines is 1. The van der Waals surface area contributed by atoms with Crippen LogP contribution < -0.4 is 16.6 Å². The Balaban J connectivity index is 0.000000209. The second-order valence-corrected chi connectivity index (χ2v) is 9.18. The summed E-state index contributed by atoms with van der Waals surface area (Å²) in [5.74, 6) is 0.329. The molecule has 37 heavy (non-hydrogen) atoms. The van der Waals surface area contributed by atoms with Gasteiger partial charge >= 0.3 is 0 Å². The smallest absolute Gasteiger partial charge is 0.266 e. The van der Waals surface area contributed by atoms with Crippen LogP contribution in [0.4, 0.5) is 10.2 Å². The number of amidine groups is 1. The monoisotopic (exact) mass is 527 g/mol. The van der Waals surface area contributed by atoms with Crippen molar-refractivity contribution in [2.75, 3.05) is 19.0 Å². The summed E-state index contributed by atoms with van der Waals surface area (Å²) in [6.07, 6.45) is 4.03. The van der Waals surface area contributed by atoms with Crippen LogP contribution in [0.5, 0.6) is 0 Å². The van der Waals surface area contributed by atoms with Crippen LogP contribution in [0.15, 0.2) is 40.8 Å². The second-order valence-electron chi connectivity index (χ2n) is 8.34. The second kappa shape index (κ2) is 12.6. The molecule has 0 aliphatic rings. The van der Waals surface area contributed by atoms with Gasteiger partial charge in [-0.05, 0) is 43.9 Å². The van der Waals surface area contributed by atoms with Crippen LogP contribution in [0.2, 0.25) is 0 Å². The minimum Gasteiger partial charge on any atom is -0.382 e. The number of fused-ring (bicyclic) bond motifs is 1. The third-order valence-corrected chi connectivity index (χ3v) is 6.67. The van der Waals surface area contributed by atoms with E-state index in [0.29, 0.717) is 40.5 Å². The summed E-state index contributed by atoms with van der Waals surface area (Å²) in [5, 5.41) is 12.4. The predicted octanol–water partition coefficient (Wildman–Crippen LogP) is 4.98. The van der Waals surface area contributed by atoms with Crippen LogP contribution in [-0.2, 0) is 11.2 Å². The van der Waals surface area contributed by atoms with Gasteiger partial charge in [0.2, 0.25) is 0 Å². The minimum atomic E-state index is -0.351. The van der Waals surface area contributed by atoms with E-state index in [-0.39, 0.29) is 23.4 Å². The van der Waals surface area contributed by atoms with Gasteiger partial charge in [0.25, 0.3) is 5.56 Å². The van der Waals surface area contributed by atoms with Crippen LogP contribution in [-0.4, -0.2) is 38.4 Å². The SMILES string of the molecule is CCCOC(CC)n1cnc(C(=N)N)c1NC.CCc1nc2scc(C)n2c(=O)c1-c1cccc(F)c1. The van der Waals surface area contributed by atoms with Crippen LogP contribution >= 0.6 is 11.3 Å². The van der Waals surface area contributed by atoms with Crippen LogP contribution in [0.3, 0.4) is 0 Å². The highest BCUT2D eigenvalue weighted by Crippen LogP contribution is 2.24. The first-order chi connectivity index (χ1) is 17.8. The molecule has 11 heteroatoms. The number of aromatic nitrogens is 4. The normalized spacial score (nSPS) is 11.7. The van der Waals surface area contributed by atoms with Gasteiger partial charge in [0.05, 0.1) is 17.6 Å². The molecule has 1 aromatic carbocycles. The Bertz CT molecular complexity index is 1430. The van der Waals surface area contributed by atoms with E-state index in [1.54, 1.807) is 29.9 Å². The Labute approximate surface area is 219 Å². The van der Waals surface area contributed by atoms with E-state index in [9.17, 15) is 9.18 Å². The molecule has 0 aliphatic carbocycles. The molecule has 1 atom stereocenters. The number of nitrogens with one attached hydrogen (secondary N) is 2. The number of imidazole rings is 1. The molecule has 3 aromatic heterocycles. The first-order valence-corrected chi connectivity index (χ1v) is 13.1. The molecule has 0 amide bonds. The third kappa shape index (κ3) is 6.05. The zero-order valence-corrected chi connectivity index (χ0v) is 22.7. The number of ether oxygens (including phenoxy) is 1. The molecule has 0 aliphatic heterocycles. The number of halogens is 1. The van der Waals surface area contributed by atoms with E-state index in [1.807, 2.05) is 30.7 Å². The van der Waals surface area contributed by atoms with Crippen molar-refractivity contribution in [3.63, 3.8) is 0 Å². The fourth-order valence-electron chi connectivity index (χ4n) is 3.99. The van der Waals surface area contributed by atoms with Crippen LogP contribution in [0, 0.1) is 18.2 Å². The quantitative estimate of drug-likeness (QED) is 0.208. The molecule has 3 heterocycles. The van der Waals surface area contributed by atoms with Crippen molar-refractivity contribution in [1.82, 2.24) is 18.9 Å². The van der Waals surface area contributed by atoms with Gasteiger partial charge in [-0.25, -0.2) is 14.4 Å². The fraction of sp³-hybridized carbons (Fsp3) is 0.385. The van der Waals surface area contributed by atoms with Crippen molar-refractivity contribution in [2.45, 2.75) is 53.2 Å². The molecule has 0 saturated heterocycles. The van der Waals surface area contributed by atoms with Crippen LogP contribution in [0.1, 0.15) is 56.9 Å². The number of thiazole rings is 1. The van der Waals surface area contributed by atoms with Crippen molar-refractivity contribution < 1.29 is 9.13 Å². The molecule has 0 spiro atoms. The van der Waals surface area contributed by atoms with Crippen molar-refractivity contribution >= 4 is 28.0 Å². The van der Waals surface area contributed by atoms with Gasteiger partial charge in [0.15, 0.2) is 4.96 Å². The molecule has 0 saturated carbocycles. The van der Waals surface area contributed by atoms with E-state index < -0.39 is 0 Å². The molecule has 4 rings (SSSR count). The van der Waals surface area contributed by atoms with E-state index in [1.165, 1.54) is 23.5 Å². The molecule has 9 nitrogen and oxygen atoms in total. The number of rotatable bonds is 9. The highest BCUT2D eigenvalue weighted by atomic mass is 32.1. The number of nitrogens with zero attached hydrogens (tertiary/aromatic N) is 4. The average Bonchev–Trinajstić information content (AvgIpc) is 3.48. The Morgan fingerprint density at radius 2 is 2.08 bits per heavy atom. The number of hydrogen-bond donors (Lipinski definition) is 3. The molecule has 198 valence electrons. The zero-order chi connectivity index (χ0) is 27.1. The standard InChI is InChI=1S/C15H13FN2OS.C11H21N5O/c1-3-12-13(10-5-4-6-11(16)7-10)14(19)18-9(2)8-20-15(18)17-12;1-4-6-17-8(5-2)16-7-15-9(10(12)13)11(16)14-3/h4-8H,3H2,1-2H3;7-8,14H,4-6H2,1-3H3,(H3,12,13). The van der Waals surface area contributed by atoms with Crippen molar-refractivity contribution in [3.8, 4) is 11.1 Å². The largest absolute Gasteiger partial charge is 0.382 e. The van der Waals surface area contributed by atoms with E-state index in [4.69, 9.17) is 15.9 Å². The third-order valence-electron chi connectivity index (χ3n) is 5.72. The summed E-state index contributed by atoms with van der Waals surface area (Å²) in [5.41, 5.74) is 8.44. The summed E-state index contributed by atoms with van der Waals surface area (Å²) < 4.78 is 22.6. The fourth-order valence-corrected chi connectivity index (χ4v) is 4.86. The number of nitrogens with two attached hydrogens (primary N) is 1. The average molecular weight is 528 g/mol. The Kier molecular flexibility index (Phi) is 9.54. The van der Waals surface area contributed by atoms with E-state index >= 15 is 0 Å². The van der Waals surface area contributed by atoms with Crippen molar-refractivity contribution in [3.05, 3.63) is 69.2 Å². The van der Waals surface area contributed by atoms with Gasteiger partial charge < -0.3 is 15.8 Å². The molecule has 0 radical (unpaired) electrons. The van der Waals surface area contributed by atoms with Gasteiger partial charge in [-0.15, -0.1) is 11.3 Å². The Hall–Kier alpha value is -3.57. The van der Waals surface area contributed by atoms with Crippen LogP contribution in [0.25, 0.3) is 16.1 Å². The molecular weight excluding hydrogens is 493 g/mol. The Morgan fingerprint density at radius 3 is 2.68 bits per heavy atom. The highest BCUT2D eigenvalue weighted by Gasteiger charge is 2.18. The summed E-state index contributed by atoms with van der Waals surface area (Å²) in [7, 11) is 1.78. The molecule has 1 unspecified atom stereocenters.